The highest BCUT2D eigenvalue weighted by Gasteiger charge is 2.41. The van der Waals surface area contributed by atoms with Crippen LogP contribution in [0.15, 0.2) is 237 Å². The van der Waals surface area contributed by atoms with Crippen molar-refractivity contribution in [2.24, 2.45) is 0 Å². The molecular weight excluding hydrogens is 937 g/mol. The van der Waals surface area contributed by atoms with Gasteiger partial charge in [-0.2, -0.15) is 0 Å². The van der Waals surface area contributed by atoms with Gasteiger partial charge in [-0.15, -0.1) is 0 Å². The molecule has 1 aliphatic heterocycles. The number of para-hydroxylation sites is 2. The van der Waals surface area contributed by atoms with E-state index in [1.54, 1.807) is 0 Å². The van der Waals surface area contributed by atoms with Crippen molar-refractivity contribution >= 4 is 32.8 Å². The van der Waals surface area contributed by atoms with Crippen LogP contribution in [0.2, 0.25) is 0 Å². The van der Waals surface area contributed by atoms with Crippen molar-refractivity contribution in [1.82, 2.24) is 14.1 Å². The molecule has 4 aliphatic rings. The summed E-state index contributed by atoms with van der Waals surface area (Å²) in [6.45, 7) is 6.73. The number of imidazole rings is 1. The molecule has 17 rings (SSSR count). The fraction of sp³-hybridized carbons (Fsp3) is 0.0833. The highest BCUT2D eigenvalue weighted by atomic mass is 16.5. The van der Waals surface area contributed by atoms with Crippen molar-refractivity contribution < 1.29 is 9.30 Å². The molecule has 10 aromatic carbocycles. The summed E-state index contributed by atoms with van der Waals surface area (Å²) in [4.78, 5) is 4.92. The van der Waals surface area contributed by atoms with Gasteiger partial charge in [0.1, 0.15) is 17.3 Å². The van der Waals surface area contributed by atoms with Crippen LogP contribution in [0.3, 0.4) is 0 Å². The van der Waals surface area contributed by atoms with Gasteiger partial charge in [0.2, 0.25) is 0 Å². The van der Waals surface area contributed by atoms with Crippen molar-refractivity contribution in [3.05, 3.63) is 282 Å². The predicted octanol–water partition coefficient (Wildman–Crippen LogP) is 17.3. The lowest BCUT2D eigenvalue weighted by atomic mass is 9.61. The molecule has 0 atom stereocenters. The monoisotopic (exact) mass is 986 g/mol. The average Bonchev–Trinajstić information content (AvgIpc) is 4.16. The smallest absolute Gasteiger partial charge is 0.269 e. The molecule has 2 bridgehead atoms. The van der Waals surface area contributed by atoms with E-state index < -0.39 is 0 Å². The number of hydrogen-bond acceptors (Lipinski definition) is 2. The highest BCUT2D eigenvalue weighted by molar-refractivity contribution is 6.09. The molecule has 77 heavy (non-hydrogen) atoms. The topological polar surface area (TPSA) is 35.9 Å². The van der Waals surface area contributed by atoms with Gasteiger partial charge < -0.3 is 4.74 Å². The summed E-state index contributed by atoms with van der Waals surface area (Å²) in [5.74, 6) is 2.79. The van der Waals surface area contributed by atoms with Crippen LogP contribution in [-0.4, -0.2) is 14.1 Å². The van der Waals surface area contributed by atoms with Crippen LogP contribution >= 0.6 is 0 Å². The second kappa shape index (κ2) is 16.5. The first-order valence-electron chi connectivity index (χ1n) is 26.8. The molecule has 0 fully saturated rings. The van der Waals surface area contributed by atoms with Crippen molar-refractivity contribution in [3.63, 3.8) is 0 Å². The summed E-state index contributed by atoms with van der Waals surface area (Å²) in [6, 6.07) is 84.6. The zero-order chi connectivity index (χ0) is 51.1. The van der Waals surface area contributed by atoms with Gasteiger partial charge in [0.05, 0.1) is 33.4 Å². The maximum atomic E-state index is 6.87. The summed E-state index contributed by atoms with van der Waals surface area (Å²) in [7, 11) is 0. The van der Waals surface area contributed by atoms with Crippen LogP contribution in [0.4, 0.5) is 0 Å². The predicted molar refractivity (Wildman–Crippen MR) is 311 cm³/mol. The molecule has 364 valence electrons. The van der Waals surface area contributed by atoms with Crippen LogP contribution < -0.4 is 9.30 Å². The Balaban J connectivity index is 0.836. The van der Waals surface area contributed by atoms with Crippen molar-refractivity contribution in [1.29, 1.82) is 0 Å². The molecule has 0 radical (unpaired) electrons. The maximum absolute atomic E-state index is 6.87. The first-order chi connectivity index (χ1) is 37.8. The van der Waals surface area contributed by atoms with E-state index in [0.29, 0.717) is 0 Å². The molecule has 5 nitrogen and oxygen atoms in total. The first kappa shape index (κ1) is 43.8. The second-order valence-electron chi connectivity index (χ2n) is 22.0. The van der Waals surface area contributed by atoms with Crippen LogP contribution in [0, 0.1) is 6.33 Å². The molecule has 13 aromatic rings. The number of aromatic nitrogens is 4. The van der Waals surface area contributed by atoms with E-state index in [1.807, 2.05) is 12.3 Å². The van der Waals surface area contributed by atoms with Crippen LogP contribution in [0.5, 0.6) is 11.5 Å². The van der Waals surface area contributed by atoms with E-state index in [4.69, 9.17) is 9.72 Å². The Hall–Kier alpha value is -9.58. The van der Waals surface area contributed by atoms with Gasteiger partial charge in [-0.1, -0.05) is 178 Å². The number of hydrogen-bond donors (Lipinski definition) is 0. The van der Waals surface area contributed by atoms with E-state index in [-0.39, 0.29) is 17.3 Å². The number of rotatable bonds is 5. The number of pyridine rings is 1. The third-order valence-corrected chi connectivity index (χ3v) is 16.7. The van der Waals surface area contributed by atoms with E-state index in [0.717, 1.165) is 67.3 Å². The van der Waals surface area contributed by atoms with Crippen LogP contribution in [0.25, 0.3) is 94.5 Å². The SMILES string of the molecule is CC(C)(C)c1ccnc(-n2c3ccccc3c3ccc(Oc4cccc(-n5[c-][n+]6c7c(cccc75)-c5ccccc5-c5ccccc5-c5cc(-c7ccc8c(c7)C7c9ccccc9C8c8ccccc87)ccc5-6)c4)cc32)c1. The standard InChI is InChI=1S/C72H50N4O/c1-72(2,3)46-36-37-73-68(40-46)76-65-28-13-12-22-54(65)55-34-32-49(42-67(55)76)77-48-17-14-16-47(41-48)74-43-75-64-35-31-45(44-30-33-60-63(39-44)70-58-25-10-8-23-56(58)69(60)57-24-9-11-26-59(57)70)38-62(64)53-21-7-5-19-51(53)50-18-4-6-20-52(50)61-27-15-29-66(74)71(61)75/h4-42,69-70H,1-3H3. The van der Waals surface area contributed by atoms with E-state index in [1.165, 1.54) is 77.7 Å². The van der Waals surface area contributed by atoms with Gasteiger partial charge in [-0.05, 0) is 156 Å². The summed E-state index contributed by atoms with van der Waals surface area (Å²) in [5, 5.41) is 2.32. The lowest BCUT2D eigenvalue weighted by Crippen LogP contribution is -2.31. The fourth-order valence-electron chi connectivity index (χ4n) is 13.2. The summed E-state index contributed by atoms with van der Waals surface area (Å²) in [6.07, 6.45) is 5.86. The minimum atomic E-state index is -0.0248. The Kier molecular flexibility index (Phi) is 9.36. The summed E-state index contributed by atoms with van der Waals surface area (Å²) >= 11 is 0. The lowest BCUT2D eigenvalue weighted by molar-refractivity contribution is -0.571. The molecule has 0 saturated carbocycles. The molecule has 0 amide bonds. The zero-order valence-corrected chi connectivity index (χ0v) is 42.9. The quantitative estimate of drug-likeness (QED) is 0.127. The van der Waals surface area contributed by atoms with Crippen molar-refractivity contribution in [3.8, 4) is 73.2 Å². The summed E-state index contributed by atoms with van der Waals surface area (Å²) < 4.78 is 13.6. The number of ether oxygens (including phenoxy) is 1. The molecule has 3 aromatic heterocycles. The Morgan fingerprint density at radius 2 is 1.01 bits per heavy atom. The second-order valence-corrected chi connectivity index (χ2v) is 22.0. The van der Waals surface area contributed by atoms with Gasteiger partial charge in [0.25, 0.3) is 6.33 Å². The largest absolute Gasteiger partial charge is 0.458 e. The first-order valence-corrected chi connectivity index (χ1v) is 26.8. The van der Waals surface area contributed by atoms with Crippen LogP contribution in [-0.2, 0) is 5.41 Å². The average molecular weight is 987 g/mol. The fourth-order valence-corrected chi connectivity index (χ4v) is 13.2. The molecule has 0 saturated heterocycles. The molecule has 0 spiro atoms. The third kappa shape index (κ3) is 6.60. The molecule has 3 aliphatic carbocycles. The highest BCUT2D eigenvalue weighted by Crippen LogP contribution is 2.56. The van der Waals surface area contributed by atoms with E-state index in [2.05, 4.69) is 265 Å². The lowest BCUT2D eigenvalue weighted by Gasteiger charge is -2.42. The Morgan fingerprint density at radius 1 is 0.442 bits per heavy atom. The minimum Gasteiger partial charge on any atom is -0.458 e. The van der Waals surface area contributed by atoms with Crippen molar-refractivity contribution in [2.45, 2.75) is 38.0 Å². The van der Waals surface area contributed by atoms with Gasteiger partial charge in [-0.25, -0.2) is 4.98 Å². The molecular formula is C72H50N4O. The summed E-state index contributed by atoms with van der Waals surface area (Å²) in [5.41, 5.74) is 25.5. The van der Waals surface area contributed by atoms with Crippen molar-refractivity contribution in [2.75, 3.05) is 0 Å². The van der Waals surface area contributed by atoms with Gasteiger partial charge >= 0.3 is 0 Å². The minimum absolute atomic E-state index is 0.0248. The van der Waals surface area contributed by atoms with Gasteiger partial charge in [0, 0.05) is 34.9 Å². The maximum Gasteiger partial charge on any atom is 0.269 e. The normalized spacial score (nSPS) is 14.7. The molecule has 4 heterocycles. The van der Waals surface area contributed by atoms with E-state index in [9.17, 15) is 0 Å². The Bertz CT molecular complexity index is 4570. The Labute approximate surface area is 447 Å². The number of benzene rings is 10. The number of fused-ring (bicyclic) bond motifs is 10. The zero-order valence-electron chi connectivity index (χ0n) is 42.9. The molecule has 5 heteroatoms. The molecule has 0 unspecified atom stereocenters. The Morgan fingerprint density at radius 3 is 1.75 bits per heavy atom. The molecule has 0 N–H and O–H groups in total. The van der Waals surface area contributed by atoms with Gasteiger partial charge in [0.15, 0.2) is 0 Å². The third-order valence-electron chi connectivity index (χ3n) is 16.7. The number of nitrogens with zero attached hydrogens (tertiary/aromatic N) is 4. The van der Waals surface area contributed by atoms with Gasteiger partial charge in [-0.3, -0.25) is 13.7 Å². The van der Waals surface area contributed by atoms with Crippen LogP contribution in [0.1, 0.15) is 71.6 Å². The van der Waals surface area contributed by atoms with E-state index >= 15 is 0 Å².